The Morgan fingerprint density at radius 1 is 0.471 bits per heavy atom. The molecule has 572 valence electrons. The smallest absolute Gasteiger partial charge is 0.248 e. The van der Waals surface area contributed by atoms with Crippen LogP contribution in [0.2, 0.25) is 0 Å². The molecule has 104 heavy (non-hydrogen) atoms. The Labute approximate surface area is 615 Å². The number of likely N-dealkylation sites (N-methyl/N-ethyl adjacent to an activating group) is 6. The van der Waals surface area contributed by atoms with Gasteiger partial charge in [-0.05, 0) is 114 Å². The maximum absolute atomic E-state index is 15.8. The van der Waals surface area contributed by atoms with Crippen molar-refractivity contribution in [2.45, 2.75) is 218 Å². The topological polar surface area (TPSA) is 308 Å². The van der Waals surface area contributed by atoms with Crippen molar-refractivity contribution in [1.82, 2.24) is 60.5 Å². The molecule has 12 amide bonds. The normalized spacial score (nSPS) is 25.1. The number of carbonyl (C=O) groups excluding carboxylic acids is 12. The summed E-state index contributed by atoms with van der Waals surface area (Å²) >= 11 is 0. The molecule has 11 atom stereocenters. The van der Waals surface area contributed by atoms with Crippen LogP contribution in [0.25, 0.3) is 0 Å². The van der Waals surface area contributed by atoms with Gasteiger partial charge in [0, 0.05) is 81.2 Å². The van der Waals surface area contributed by atoms with Crippen molar-refractivity contribution < 1.29 is 67.4 Å². The molecule has 0 aliphatic carbocycles. The molecule has 0 saturated carbocycles. The molecule has 26 nitrogen and oxygen atoms in total. The van der Waals surface area contributed by atoms with E-state index in [1.54, 1.807) is 117 Å². The number of fused-ring (bicyclic) bond motifs is 1. The van der Waals surface area contributed by atoms with Crippen LogP contribution in [-0.4, -0.2) is 262 Å². The zero-order valence-electron chi connectivity index (χ0n) is 64.1. The Morgan fingerprint density at radius 3 is 1.38 bits per heavy atom. The van der Waals surface area contributed by atoms with Gasteiger partial charge in [-0.2, -0.15) is 0 Å². The van der Waals surface area contributed by atoms with E-state index in [4.69, 9.17) is 4.74 Å². The van der Waals surface area contributed by atoms with Crippen molar-refractivity contribution in [1.29, 1.82) is 0 Å². The first-order valence-electron chi connectivity index (χ1n) is 36.8. The predicted octanol–water partition coefficient (Wildman–Crippen LogP) is 3.99. The average Bonchev–Trinajstić information content (AvgIpc) is 1.78. The molecule has 3 saturated heterocycles. The van der Waals surface area contributed by atoms with Crippen LogP contribution >= 0.6 is 0 Å². The second-order valence-corrected chi connectivity index (χ2v) is 30.7. The molecule has 3 aliphatic heterocycles. The number of nitrogens with zero attached hydrogens (tertiary/aromatic N) is 8. The number of benzene rings is 3. The number of rotatable bonds is 16. The molecular formula is C78H116N12O14. The van der Waals surface area contributed by atoms with Gasteiger partial charge in [0.1, 0.15) is 60.4 Å². The van der Waals surface area contributed by atoms with Crippen LogP contribution in [0.4, 0.5) is 0 Å². The highest BCUT2D eigenvalue weighted by molar-refractivity contribution is 6.00. The fourth-order valence-electron chi connectivity index (χ4n) is 13.7. The van der Waals surface area contributed by atoms with Gasteiger partial charge in [0.2, 0.25) is 70.9 Å². The fourth-order valence-corrected chi connectivity index (χ4v) is 13.7. The first-order chi connectivity index (χ1) is 49.0. The maximum Gasteiger partial charge on any atom is 0.248 e. The Bertz CT molecular complexity index is 3420. The summed E-state index contributed by atoms with van der Waals surface area (Å²) in [5.74, 6) is -9.30. The standard InChI is InChI=1S/C78H116N12O14/c1-49(2)40-56-72(98)85(13)61(42-51(5)6)71(97)82-67(52(7)91)77(103)83(11)47-66(93)84(12)60(41-50(3)4)68(94)81-58(48-104-78(8,9)10)73(99)88(16)64(45-55-34-25-19-26-35-55)76(102)87(15)63(44-54-32-23-18-24-33-54)70(96)80-57(74(100)89-37-27-20-28-38-89)46-65(92)90-39-29-36-59(90)75(101)86(14)62(69(95)79-56)43-53-30-21-17-22-31-53/h17-19,21-26,30-35,49-52,56-64,67,91H,20,27-29,36-48H2,1-16H3,(H,79,95)(H,80,96)(H,81,94)(H,82,97)/t52-,56+,57+,58+,59+,60+,61+,62+,63+,64+,67+/m1/s1. The summed E-state index contributed by atoms with van der Waals surface area (Å²) in [7, 11) is 8.38. The van der Waals surface area contributed by atoms with Crippen molar-refractivity contribution >= 4 is 70.9 Å². The van der Waals surface area contributed by atoms with Crippen molar-refractivity contribution in [3.63, 3.8) is 0 Å². The van der Waals surface area contributed by atoms with Gasteiger partial charge < -0.3 is 70.3 Å². The van der Waals surface area contributed by atoms with Gasteiger partial charge >= 0.3 is 0 Å². The summed E-state index contributed by atoms with van der Waals surface area (Å²) in [6.07, 6.45) is 0.590. The van der Waals surface area contributed by atoms with E-state index in [1.165, 1.54) is 73.7 Å². The van der Waals surface area contributed by atoms with Gasteiger partial charge in [-0.3, -0.25) is 57.5 Å². The van der Waals surface area contributed by atoms with Crippen LogP contribution in [0.5, 0.6) is 0 Å². The number of amides is 12. The third kappa shape index (κ3) is 23.6. The highest BCUT2D eigenvalue weighted by Gasteiger charge is 2.45. The number of carbonyl (C=O) groups is 12. The molecule has 3 aromatic rings. The molecule has 3 heterocycles. The van der Waals surface area contributed by atoms with E-state index >= 15 is 43.2 Å². The second kappa shape index (κ2) is 38.8. The number of ether oxygens (including phenoxy) is 1. The zero-order valence-corrected chi connectivity index (χ0v) is 64.1. The van der Waals surface area contributed by atoms with Crippen molar-refractivity contribution in [2.75, 3.05) is 75.1 Å². The van der Waals surface area contributed by atoms with Crippen LogP contribution in [0.1, 0.15) is 144 Å². The summed E-state index contributed by atoms with van der Waals surface area (Å²) in [5, 5.41) is 22.7. The molecule has 5 N–H and O–H groups in total. The largest absolute Gasteiger partial charge is 0.391 e. The minimum Gasteiger partial charge on any atom is -0.391 e. The monoisotopic (exact) mass is 1440 g/mol. The van der Waals surface area contributed by atoms with Crippen molar-refractivity contribution in [3.8, 4) is 0 Å². The van der Waals surface area contributed by atoms with E-state index in [0.717, 1.165) is 16.2 Å². The van der Waals surface area contributed by atoms with E-state index in [0.29, 0.717) is 49.0 Å². The Morgan fingerprint density at radius 2 is 0.894 bits per heavy atom. The summed E-state index contributed by atoms with van der Waals surface area (Å²) in [5.41, 5.74) is 1.06. The Balaban J connectivity index is 1.52. The van der Waals surface area contributed by atoms with Crippen LogP contribution < -0.4 is 21.3 Å². The Hall–Kier alpha value is -8.78. The van der Waals surface area contributed by atoms with E-state index in [-0.39, 0.29) is 69.2 Å². The molecule has 26 heteroatoms. The molecular weight excluding hydrogens is 1330 g/mol. The highest BCUT2D eigenvalue weighted by Crippen LogP contribution is 2.26. The van der Waals surface area contributed by atoms with Gasteiger partial charge in [-0.1, -0.05) is 133 Å². The van der Waals surface area contributed by atoms with Crippen molar-refractivity contribution in [3.05, 3.63) is 108 Å². The fraction of sp³-hybridized carbons (Fsp3) is 0.615. The lowest BCUT2D eigenvalue weighted by Crippen LogP contribution is -2.62. The van der Waals surface area contributed by atoms with E-state index in [9.17, 15) is 19.5 Å². The van der Waals surface area contributed by atoms with Gasteiger partial charge in [0.05, 0.1) is 31.3 Å². The van der Waals surface area contributed by atoms with Crippen molar-refractivity contribution in [2.24, 2.45) is 17.8 Å². The lowest BCUT2D eigenvalue weighted by atomic mass is 9.97. The number of piperidine rings is 1. The summed E-state index contributed by atoms with van der Waals surface area (Å²) in [6, 6.07) is 13.1. The zero-order chi connectivity index (χ0) is 77.0. The third-order valence-electron chi connectivity index (χ3n) is 19.8. The molecule has 0 aromatic heterocycles. The minimum absolute atomic E-state index is 0.0304. The van der Waals surface area contributed by atoms with Gasteiger partial charge in [-0.15, -0.1) is 0 Å². The molecule has 3 fully saturated rings. The van der Waals surface area contributed by atoms with Gasteiger partial charge in [0.15, 0.2) is 0 Å². The van der Waals surface area contributed by atoms with Crippen LogP contribution in [0.3, 0.4) is 0 Å². The molecule has 3 aromatic carbocycles. The number of hydrogen-bond acceptors (Lipinski definition) is 14. The summed E-state index contributed by atoms with van der Waals surface area (Å²) < 4.78 is 6.23. The third-order valence-corrected chi connectivity index (χ3v) is 19.8. The molecule has 3 aliphatic rings. The summed E-state index contributed by atoms with van der Waals surface area (Å²) in [4.78, 5) is 192. The quantitative estimate of drug-likeness (QED) is 0.136. The van der Waals surface area contributed by atoms with E-state index < -0.39 is 163 Å². The van der Waals surface area contributed by atoms with Crippen LogP contribution in [0.15, 0.2) is 91.0 Å². The van der Waals surface area contributed by atoms with Crippen LogP contribution in [0, 0.1) is 17.8 Å². The summed E-state index contributed by atoms with van der Waals surface area (Å²) in [6.45, 7) is 17.3. The van der Waals surface area contributed by atoms with E-state index in [1.807, 2.05) is 41.5 Å². The number of aliphatic hydroxyl groups is 1. The lowest BCUT2D eigenvalue weighted by molar-refractivity contribution is -0.151. The SMILES string of the molecule is CC(C)C[C@@H]1NC(=O)[C@H](Cc2ccccc2)N(C)C(=O)[C@@H]2CCCN2C(=O)C[C@@H](C(=O)N2CCCCC2)NC(=O)[C@H](Cc2ccccc2)N(C)C(=O)[C@H](Cc2ccccc2)N(C)C(=O)[C@H](COC(C)(C)C)NC(=O)[C@H](CC(C)C)N(C)C(=O)CN(C)C(=O)[C@H]([C@@H](C)O)NC(=O)[C@H](CC(C)C)N(C)C1=O. The number of likely N-dealkylation sites (tertiary alicyclic amines) is 1. The number of hydrogen-bond donors (Lipinski definition) is 5. The lowest BCUT2D eigenvalue weighted by Gasteiger charge is -2.38. The second-order valence-electron chi connectivity index (χ2n) is 30.7. The molecule has 0 spiro atoms. The minimum atomic E-state index is -1.66. The van der Waals surface area contributed by atoms with Crippen LogP contribution in [-0.2, 0) is 81.5 Å². The van der Waals surface area contributed by atoms with E-state index in [2.05, 4.69) is 21.3 Å². The Kier molecular flexibility index (Phi) is 31.4. The molecule has 6 rings (SSSR count). The number of nitrogens with one attached hydrogen (secondary N) is 4. The molecule has 0 radical (unpaired) electrons. The van der Waals surface area contributed by atoms with Gasteiger partial charge in [0.25, 0.3) is 0 Å². The average molecular weight is 1450 g/mol. The molecule has 0 bridgehead atoms. The number of aliphatic hydroxyl groups excluding tert-OH is 1. The predicted molar refractivity (Wildman–Crippen MR) is 394 cm³/mol. The first kappa shape index (κ1) is 84.2. The molecule has 0 unspecified atom stereocenters. The highest BCUT2D eigenvalue weighted by atomic mass is 16.5. The first-order valence-corrected chi connectivity index (χ1v) is 36.8. The van der Waals surface area contributed by atoms with Gasteiger partial charge in [-0.25, -0.2) is 0 Å². The maximum atomic E-state index is 15.8.